The van der Waals surface area contributed by atoms with Crippen molar-refractivity contribution >= 4 is 23.4 Å². The highest BCUT2D eigenvalue weighted by molar-refractivity contribution is 5.95. The van der Waals surface area contributed by atoms with Crippen LogP contribution in [0.15, 0.2) is 54.6 Å². The SMILES string of the molecule is O=C(NCCNC(=O)C1CCN(C(=O)c2cccc([N+](=O)[O-])c2)CC1)c1ccccc1. The monoisotopic (exact) mass is 424 g/mol. The summed E-state index contributed by atoms with van der Waals surface area (Å²) >= 11 is 0. The molecule has 3 rings (SSSR count). The van der Waals surface area contributed by atoms with Crippen molar-refractivity contribution in [2.75, 3.05) is 26.2 Å². The number of non-ortho nitro benzene ring substituents is 1. The molecule has 1 aliphatic heterocycles. The van der Waals surface area contributed by atoms with Crippen molar-refractivity contribution in [3.05, 3.63) is 75.8 Å². The molecule has 0 atom stereocenters. The average Bonchev–Trinajstić information content (AvgIpc) is 2.81. The van der Waals surface area contributed by atoms with Gasteiger partial charge in [-0.3, -0.25) is 24.5 Å². The molecule has 0 unspecified atom stereocenters. The number of hydrogen-bond acceptors (Lipinski definition) is 5. The molecule has 2 aromatic rings. The van der Waals surface area contributed by atoms with E-state index in [1.54, 1.807) is 35.2 Å². The van der Waals surface area contributed by atoms with Gasteiger partial charge < -0.3 is 15.5 Å². The van der Waals surface area contributed by atoms with Gasteiger partial charge in [0.25, 0.3) is 17.5 Å². The number of likely N-dealkylation sites (tertiary alicyclic amines) is 1. The van der Waals surface area contributed by atoms with E-state index in [0.29, 0.717) is 44.6 Å². The van der Waals surface area contributed by atoms with E-state index >= 15 is 0 Å². The zero-order valence-corrected chi connectivity index (χ0v) is 17.0. The smallest absolute Gasteiger partial charge is 0.270 e. The Kier molecular flexibility index (Phi) is 7.31. The first-order chi connectivity index (χ1) is 15.0. The first kappa shape index (κ1) is 21.9. The molecule has 162 valence electrons. The molecule has 0 saturated carbocycles. The molecule has 0 aliphatic carbocycles. The van der Waals surface area contributed by atoms with Crippen molar-refractivity contribution in [3.8, 4) is 0 Å². The minimum atomic E-state index is -0.532. The molecule has 0 radical (unpaired) electrons. The molecule has 9 heteroatoms. The summed E-state index contributed by atoms with van der Waals surface area (Å²) in [5.41, 5.74) is 0.709. The van der Waals surface area contributed by atoms with Crippen LogP contribution in [-0.2, 0) is 4.79 Å². The number of nitro benzene ring substituents is 1. The summed E-state index contributed by atoms with van der Waals surface area (Å²) in [6, 6.07) is 14.5. The minimum absolute atomic E-state index is 0.101. The van der Waals surface area contributed by atoms with Gasteiger partial charge in [-0.25, -0.2) is 0 Å². The molecule has 0 bridgehead atoms. The van der Waals surface area contributed by atoms with Crippen LogP contribution in [0.4, 0.5) is 5.69 Å². The van der Waals surface area contributed by atoms with Gasteiger partial charge in [-0.05, 0) is 31.0 Å². The molecule has 1 heterocycles. The van der Waals surface area contributed by atoms with Gasteiger partial charge in [0.15, 0.2) is 0 Å². The van der Waals surface area contributed by atoms with E-state index in [4.69, 9.17) is 0 Å². The molecule has 2 N–H and O–H groups in total. The lowest BCUT2D eigenvalue weighted by Gasteiger charge is -2.31. The summed E-state index contributed by atoms with van der Waals surface area (Å²) in [6.07, 6.45) is 1.03. The third kappa shape index (κ3) is 5.88. The lowest BCUT2D eigenvalue weighted by atomic mass is 9.95. The highest BCUT2D eigenvalue weighted by Gasteiger charge is 2.28. The van der Waals surface area contributed by atoms with E-state index < -0.39 is 4.92 Å². The van der Waals surface area contributed by atoms with Crippen molar-refractivity contribution in [1.29, 1.82) is 0 Å². The van der Waals surface area contributed by atoms with Crippen LogP contribution in [0.5, 0.6) is 0 Å². The Bertz CT molecular complexity index is 955. The van der Waals surface area contributed by atoms with Gasteiger partial charge in [0.1, 0.15) is 0 Å². The largest absolute Gasteiger partial charge is 0.354 e. The van der Waals surface area contributed by atoms with Crippen LogP contribution < -0.4 is 10.6 Å². The standard InChI is InChI=1S/C22H24N4O5/c27-20(16-5-2-1-3-6-16)23-11-12-24-21(28)17-9-13-25(14-10-17)22(29)18-7-4-8-19(15-18)26(30)31/h1-8,15,17H,9-14H2,(H,23,27)(H,24,28). The molecular formula is C22H24N4O5. The maximum atomic E-state index is 12.6. The fourth-order valence-electron chi connectivity index (χ4n) is 3.48. The molecule has 3 amide bonds. The van der Waals surface area contributed by atoms with E-state index in [1.807, 2.05) is 6.07 Å². The topological polar surface area (TPSA) is 122 Å². The second-order valence-electron chi connectivity index (χ2n) is 7.29. The predicted octanol–water partition coefficient (Wildman–Crippen LogP) is 1.99. The number of piperidine rings is 1. The quantitative estimate of drug-likeness (QED) is 0.400. The summed E-state index contributed by atoms with van der Waals surface area (Å²) in [6.45, 7) is 1.46. The molecular weight excluding hydrogens is 400 g/mol. The zero-order valence-electron chi connectivity index (χ0n) is 17.0. The Hall–Kier alpha value is -3.75. The predicted molar refractivity (Wildman–Crippen MR) is 114 cm³/mol. The van der Waals surface area contributed by atoms with E-state index in [-0.39, 0.29) is 34.9 Å². The Labute approximate surface area is 179 Å². The number of nitro groups is 1. The number of nitrogens with zero attached hydrogens (tertiary/aromatic N) is 2. The Morgan fingerprint density at radius 1 is 0.935 bits per heavy atom. The van der Waals surface area contributed by atoms with Crippen LogP contribution >= 0.6 is 0 Å². The summed E-state index contributed by atoms with van der Waals surface area (Å²) < 4.78 is 0. The number of carbonyl (C=O) groups is 3. The van der Waals surface area contributed by atoms with Crippen LogP contribution in [0.25, 0.3) is 0 Å². The van der Waals surface area contributed by atoms with Gasteiger partial charge in [-0.1, -0.05) is 24.3 Å². The Morgan fingerprint density at radius 3 is 2.26 bits per heavy atom. The van der Waals surface area contributed by atoms with E-state index in [2.05, 4.69) is 10.6 Å². The number of benzene rings is 2. The normalized spacial score (nSPS) is 14.0. The average molecular weight is 424 g/mol. The van der Waals surface area contributed by atoms with Gasteiger partial charge >= 0.3 is 0 Å². The van der Waals surface area contributed by atoms with Crippen molar-refractivity contribution in [2.45, 2.75) is 12.8 Å². The Balaban J connectivity index is 1.40. The van der Waals surface area contributed by atoms with Crippen LogP contribution in [0.3, 0.4) is 0 Å². The van der Waals surface area contributed by atoms with Crippen molar-refractivity contribution in [2.24, 2.45) is 5.92 Å². The highest BCUT2D eigenvalue weighted by Crippen LogP contribution is 2.21. The molecule has 0 aromatic heterocycles. The number of nitrogens with one attached hydrogen (secondary N) is 2. The highest BCUT2D eigenvalue weighted by atomic mass is 16.6. The summed E-state index contributed by atoms with van der Waals surface area (Å²) in [5, 5.41) is 16.5. The third-order valence-corrected chi connectivity index (χ3v) is 5.20. The first-order valence-corrected chi connectivity index (χ1v) is 10.1. The van der Waals surface area contributed by atoms with Gasteiger partial charge in [0, 0.05) is 55.4 Å². The van der Waals surface area contributed by atoms with Crippen LogP contribution in [0.1, 0.15) is 33.6 Å². The maximum absolute atomic E-state index is 12.6. The fourth-order valence-corrected chi connectivity index (χ4v) is 3.48. The molecule has 1 fully saturated rings. The van der Waals surface area contributed by atoms with E-state index in [1.165, 1.54) is 18.2 Å². The van der Waals surface area contributed by atoms with Crippen molar-refractivity contribution < 1.29 is 19.3 Å². The number of hydrogen-bond donors (Lipinski definition) is 2. The molecule has 2 aromatic carbocycles. The van der Waals surface area contributed by atoms with Crippen molar-refractivity contribution in [1.82, 2.24) is 15.5 Å². The fraction of sp³-hybridized carbons (Fsp3) is 0.318. The summed E-state index contributed by atoms with van der Waals surface area (Å²) in [5.74, 6) is -0.774. The number of amides is 3. The lowest BCUT2D eigenvalue weighted by Crippen LogP contribution is -2.44. The Morgan fingerprint density at radius 2 is 1.58 bits per heavy atom. The number of rotatable bonds is 7. The second kappa shape index (κ2) is 10.3. The van der Waals surface area contributed by atoms with Gasteiger partial charge in [-0.2, -0.15) is 0 Å². The molecule has 9 nitrogen and oxygen atoms in total. The zero-order chi connectivity index (χ0) is 22.2. The van der Waals surface area contributed by atoms with Crippen LogP contribution in [0, 0.1) is 16.0 Å². The summed E-state index contributed by atoms with van der Waals surface area (Å²) in [4.78, 5) is 48.9. The van der Waals surface area contributed by atoms with Crippen LogP contribution in [-0.4, -0.2) is 53.7 Å². The van der Waals surface area contributed by atoms with Crippen molar-refractivity contribution in [3.63, 3.8) is 0 Å². The molecule has 31 heavy (non-hydrogen) atoms. The second-order valence-corrected chi connectivity index (χ2v) is 7.29. The number of carbonyl (C=O) groups excluding carboxylic acids is 3. The van der Waals surface area contributed by atoms with E-state index in [9.17, 15) is 24.5 Å². The lowest BCUT2D eigenvalue weighted by molar-refractivity contribution is -0.384. The third-order valence-electron chi connectivity index (χ3n) is 5.20. The van der Waals surface area contributed by atoms with Gasteiger partial charge in [-0.15, -0.1) is 0 Å². The molecule has 1 aliphatic rings. The van der Waals surface area contributed by atoms with Crippen LogP contribution in [0.2, 0.25) is 0 Å². The first-order valence-electron chi connectivity index (χ1n) is 10.1. The molecule has 0 spiro atoms. The van der Waals surface area contributed by atoms with E-state index in [0.717, 1.165) is 0 Å². The van der Waals surface area contributed by atoms with Gasteiger partial charge in [0.05, 0.1) is 4.92 Å². The maximum Gasteiger partial charge on any atom is 0.270 e. The molecule has 1 saturated heterocycles. The van der Waals surface area contributed by atoms with Gasteiger partial charge in [0.2, 0.25) is 5.91 Å². The minimum Gasteiger partial charge on any atom is -0.354 e. The summed E-state index contributed by atoms with van der Waals surface area (Å²) in [7, 11) is 0.